The SMILES string of the molecule is COc1ccccc1-c1ccccc1P1C(C)(C)CC2(CC1(C)C)OCCO2. The van der Waals surface area contributed by atoms with Gasteiger partial charge in [0.1, 0.15) is 5.75 Å². The smallest absolute Gasteiger partial charge is 0.170 e. The second-order valence-electron chi connectivity index (χ2n) is 9.14. The lowest BCUT2D eigenvalue weighted by atomic mass is 9.91. The molecule has 2 heterocycles. The summed E-state index contributed by atoms with van der Waals surface area (Å²) >= 11 is 0. The summed E-state index contributed by atoms with van der Waals surface area (Å²) in [5.74, 6) is 0.516. The third-order valence-corrected chi connectivity index (χ3v) is 9.58. The highest BCUT2D eigenvalue weighted by atomic mass is 31.1. The summed E-state index contributed by atoms with van der Waals surface area (Å²) in [5.41, 5.74) is 2.46. The summed E-state index contributed by atoms with van der Waals surface area (Å²) < 4.78 is 18.0. The van der Waals surface area contributed by atoms with Crippen LogP contribution in [0.15, 0.2) is 48.5 Å². The summed E-state index contributed by atoms with van der Waals surface area (Å²) in [6.45, 7) is 11.0. The Labute approximate surface area is 170 Å². The quantitative estimate of drug-likeness (QED) is 0.633. The Kier molecular flexibility index (Phi) is 5.06. The molecule has 2 fully saturated rings. The highest BCUT2D eigenvalue weighted by Crippen LogP contribution is 2.68. The third kappa shape index (κ3) is 3.38. The maximum absolute atomic E-state index is 6.16. The Balaban J connectivity index is 1.83. The van der Waals surface area contributed by atoms with Crippen LogP contribution >= 0.6 is 7.92 Å². The highest BCUT2D eigenvalue weighted by molar-refractivity contribution is 7.69. The number of para-hydroxylation sites is 1. The molecular weight excluding hydrogens is 367 g/mol. The van der Waals surface area contributed by atoms with E-state index in [9.17, 15) is 0 Å². The van der Waals surface area contributed by atoms with Crippen LogP contribution in [0, 0.1) is 0 Å². The van der Waals surface area contributed by atoms with Gasteiger partial charge in [-0.2, -0.15) is 0 Å². The summed E-state index contributed by atoms with van der Waals surface area (Å²) in [4.78, 5) is 0. The Morgan fingerprint density at radius 1 is 0.786 bits per heavy atom. The molecule has 0 N–H and O–H groups in total. The Hall–Kier alpha value is -1.41. The van der Waals surface area contributed by atoms with Crippen molar-refractivity contribution in [2.75, 3.05) is 20.3 Å². The van der Waals surface area contributed by atoms with Gasteiger partial charge in [0.2, 0.25) is 0 Å². The Morgan fingerprint density at radius 3 is 1.93 bits per heavy atom. The maximum Gasteiger partial charge on any atom is 0.170 e. The van der Waals surface area contributed by atoms with Crippen LogP contribution in [0.5, 0.6) is 5.75 Å². The van der Waals surface area contributed by atoms with E-state index in [4.69, 9.17) is 14.2 Å². The molecular formula is C24H31O3P. The minimum atomic E-state index is -0.473. The van der Waals surface area contributed by atoms with Crippen LogP contribution in [-0.2, 0) is 9.47 Å². The predicted octanol–water partition coefficient (Wildman–Crippen LogP) is 5.56. The van der Waals surface area contributed by atoms with Gasteiger partial charge in [0.25, 0.3) is 0 Å². The number of ether oxygens (including phenoxy) is 3. The van der Waals surface area contributed by atoms with E-state index in [0.29, 0.717) is 13.2 Å². The normalized spacial score (nSPS) is 23.0. The third-order valence-electron chi connectivity index (χ3n) is 5.97. The molecule has 2 aromatic rings. The number of benzene rings is 2. The molecule has 2 aliphatic rings. The second kappa shape index (κ2) is 7.13. The average Bonchev–Trinajstić information content (AvgIpc) is 3.06. The lowest BCUT2D eigenvalue weighted by Gasteiger charge is -2.55. The van der Waals surface area contributed by atoms with Crippen molar-refractivity contribution in [2.24, 2.45) is 0 Å². The molecule has 0 radical (unpaired) electrons. The van der Waals surface area contributed by atoms with E-state index in [0.717, 1.165) is 18.6 Å². The van der Waals surface area contributed by atoms with E-state index in [1.807, 2.05) is 12.1 Å². The Morgan fingerprint density at radius 2 is 1.32 bits per heavy atom. The molecule has 0 unspecified atom stereocenters. The van der Waals surface area contributed by atoms with Gasteiger partial charge in [-0.3, -0.25) is 0 Å². The van der Waals surface area contributed by atoms with Crippen LogP contribution in [0.4, 0.5) is 0 Å². The van der Waals surface area contributed by atoms with E-state index < -0.39 is 13.7 Å². The van der Waals surface area contributed by atoms with Gasteiger partial charge in [0.15, 0.2) is 5.79 Å². The Bertz CT molecular complexity index is 832. The van der Waals surface area contributed by atoms with Crippen LogP contribution in [0.25, 0.3) is 11.1 Å². The van der Waals surface area contributed by atoms with Crippen molar-refractivity contribution in [1.29, 1.82) is 0 Å². The number of rotatable bonds is 3. The molecule has 2 aliphatic heterocycles. The molecule has 4 rings (SSSR count). The van der Waals surface area contributed by atoms with Crippen molar-refractivity contribution in [3.8, 4) is 16.9 Å². The van der Waals surface area contributed by atoms with Gasteiger partial charge in [0, 0.05) is 18.4 Å². The molecule has 0 atom stereocenters. The van der Waals surface area contributed by atoms with Gasteiger partial charge in [-0.15, -0.1) is 0 Å². The molecule has 2 aromatic carbocycles. The molecule has 0 aliphatic carbocycles. The van der Waals surface area contributed by atoms with E-state index in [-0.39, 0.29) is 10.3 Å². The maximum atomic E-state index is 6.16. The summed E-state index contributed by atoms with van der Waals surface area (Å²) in [6, 6.07) is 17.2. The molecule has 0 aromatic heterocycles. The molecule has 0 saturated carbocycles. The zero-order chi connectivity index (χ0) is 20.0. The lowest BCUT2D eigenvalue weighted by molar-refractivity contribution is -0.178. The number of hydrogen-bond acceptors (Lipinski definition) is 3. The van der Waals surface area contributed by atoms with Crippen LogP contribution in [0.1, 0.15) is 40.5 Å². The van der Waals surface area contributed by atoms with Crippen molar-refractivity contribution < 1.29 is 14.2 Å². The molecule has 0 amide bonds. The van der Waals surface area contributed by atoms with E-state index in [2.05, 4.69) is 64.1 Å². The fraction of sp³-hybridized carbons (Fsp3) is 0.500. The van der Waals surface area contributed by atoms with Crippen molar-refractivity contribution >= 4 is 13.2 Å². The van der Waals surface area contributed by atoms with Gasteiger partial charge in [-0.05, 0) is 27.2 Å². The standard InChI is InChI=1S/C24H31O3P/c1-22(2)16-24(26-14-15-27-24)17-23(3,4)28(22)21-13-9-7-11-19(21)18-10-6-8-12-20(18)25-5/h6-13H,14-17H2,1-5H3. The first-order chi connectivity index (χ1) is 13.3. The van der Waals surface area contributed by atoms with Crippen LogP contribution in [-0.4, -0.2) is 36.4 Å². The van der Waals surface area contributed by atoms with Crippen LogP contribution in [0.3, 0.4) is 0 Å². The summed E-state index contributed by atoms with van der Waals surface area (Å²) in [6.07, 6.45) is 1.88. The number of hydrogen-bond donors (Lipinski definition) is 0. The fourth-order valence-electron chi connectivity index (χ4n) is 5.48. The van der Waals surface area contributed by atoms with Gasteiger partial charge in [-0.1, -0.05) is 78.1 Å². The van der Waals surface area contributed by atoms with Crippen molar-refractivity contribution in [3.05, 3.63) is 48.5 Å². The van der Waals surface area contributed by atoms with Gasteiger partial charge in [-0.25, -0.2) is 0 Å². The van der Waals surface area contributed by atoms with Crippen molar-refractivity contribution in [3.63, 3.8) is 0 Å². The van der Waals surface area contributed by atoms with E-state index in [1.54, 1.807) is 7.11 Å². The van der Waals surface area contributed by atoms with E-state index in [1.165, 1.54) is 16.4 Å². The van der Waals surface area contributed by atoms with Crippen molar-refractivity contribution in [1.82, 2.24) is 0 Å². The minimum absolute atomic E-state index is 0.0968. The monoisotopic (exact) mass is 398 g/mol. The van der Waals surface area contributed by atoms with Crippen molar-refractivity contribution in [2.45, 2.75) is 56.6 Å². The summed E-state index contributed by atoms with van der Waals surface area (Å²) in [7, 11) is 1.28. The highest BCUT2D eigenvalue weighted by Gasteiger charge is 2.57. The lowest BCUT2D eigenvalue weighted by Crippen LogP contribution is -2.52. The van der Waals surface area contributed by atoms with E-state index >= 15 is 0 Å². The fourth-order valence-corrected chi connectivity index (χ4v) is 9.89. The van der Waals surface area contributed by atoms with Gasteiger partial charge >= 0.3 is 0 Å². The number of methoxy groups -OCH3 is 1. The second-order valence-corrected chi connectivity index (χ2v) is 12.7. The minimum Gasteiger partial charge on any atom is -0.496 e. The topological polar surface area (TPSA) is 27.7 Å². The molecule has 150 valence electrons. The molecule has 4 heteroatoms. The first-order valence-corrected chi connectivity index (χ1v) is 11.4. The molecule has 0 bridgehead atoms. The largest absolute Gasteiger partial charge is 0.496 e. The molecule has 3 nitrogen and oxygen atoms in total. The summed E-state index contributed by atoms with van der Waals surface area (Å²) in [5, 5.41) is 1.64. The predicted molar refractivity (Wildman–Crippen MR) is 117 cm³/mol. The average molecular weight is 398 g/mol. The molecule has 2 saturated heterocycles. The zero-order valence-corrected chi connectivity index (χ0v) is 18.5. The van der Waals surface area contributed by atoms with Gasteiger partial charge in [0.05, 0.1) is 20.3 Å². The molecule has 28 heavy (non-hydrogen) atoms. The first kappa shape index (κ1) is 19.9. The molecule has 1 spiro atoms. The van der Waals surface area contributed by atoms with Gasteiger partial charge < -0.3 is 14.2 Å². The van der Waals surface area contributed by atoms with Crippen LogP contribution < -0.4 is 10.0 Å². The zero-order valence-electron chi connectivity index (χ0n) is 17.6. The van der Waals surface area contributed by atoms with Crippen LogP contribution in [0.2, 0.25) is 0 Å². The first-order valence-electron chi connectivity index (χ1n) is 10.1.